The summed E-state index contributed by atoms with van der Waals surface area (Å²) >= 11 is 0. The summed E-state index contributed by atoms with van der Waals surface area (Å²) in [5.41, 5.74) is 1.13. The number of ether oxygens (including phenoxy) is 1. The van der Waals surface area contributed by atoms with E-state index in [0.717, 1.165) is 76.0 Å². The SMILES string of the molecule is CCOC(=O)C1CCN(C(=NC)NCc2ccc(N3CCN(CC)CC3)nc2)CC1. The highest BCUT2D eigenvalue weighted by molar-refractivity contribution is 5.80. The van der Waals surface area contributed by atoms with Crippen LogP contribution in [-0.2, 0) is 16.1 Å². The number of esters is 1. The van der Waals surface area contributed by atoms with Crippen molar-refractivity contribution in [3.05, 3.63) is 23.9 Å². The van der Waals surface area contributed by atoms with E-state index in [4.69, 9.17) is 4.74 Å². The van der Waals surface area contributed by atoms with E-state index in [2.05, 4.69) is 49.0 Å². The lowest BCUT2D eigenvalue weighted by Crippen LogP contribution is -2.46. The van der Waals surface area contributed by atoms with E-state index in [9.17, 15) is 4.79 Å². The molecule has 0 radical (unpaired) electrons. The van der Waals surface area contributed by atoms with Gasteiger partial charge in [-0.2, -0.15) is 0 Å². The van der Waals surface area contributed by atoms with Crippen LogP contribution in [0.25, 0.3) is 0 Å². The number of guanidine groups is 1. The van der Waals surface area contributed by atoms with Gasteiger partial charge >= 0.3 is 5.97 Å². The molecule has 30 heavy (non-hydrogen) atoms. The van der Waals surface area contributed by atoms with Crippen LogP contribution in [-0.4, -0.2) is 86.2 Å². The third-order valence-corrected chi connectivity index (χ3v) is 6.03. The maximum atomic E-state index is 11.9. The fraction of sp³-hybridized carbons (Fsp3) is 0.682. The van der Waals surface area contributed by atoms with Crippen LogP contribution in [0.2, 0.25) is 0 Å². The quantitative estimate of drug-likeness (QED) is 0.429. The number of carbonyl (C=O) groups is 1. The molecule has 166 valence electrons. The first-order chi connectivity index (χ1) is 14.6. The fourth-order valence-corrected chi connectivity index (χ4v) is 4.10. The number of aromatic nitrogens is 1. The monoisotopic (exact) mass is 416 g/mol. The smallest absolute Gasteiger partial charge is 0.309 e. The molecule has 2 fully saturated rings. The molecule has 3 heterocycles. The molecule has 0 bridgehead atoms. The molecule has 2 aliphatic heterocycles. The van der Waals surface area contributed by atoms with Gasteiger partial charge in [0.1, 0.15) is 5.82 Å². The second-order valence-electron chi connectivity index (χ2n) is 7.86. The molecule has 3 rings (SSSR count). The highest BCUT2D eigenvalue weighted by atomic mass is 16.5. The zero-order valence-corrected chi connectivity index (χ0v) is 18.6. The van der Waals surface area contributed by atoms with Gasteiger partial charge in [0.25, 0.3) is 0 Å². The van der Waals surface area contributed by atoms with Crippen molar-refractivity contribution >= 4 is 17.7 Å². The van der Waals surface area contributed by atoms with E-state index in [0.29, 0.717) is 13.2 Å². The van der Waals surface area contributed by atoms with Crippen molar-refractivity contribution in [1.82, 2.24) is 20.1 Å². The second-order valence-corrected chi connectivity index (χ2v) is 7.86. The largest absolute Gasteiger partial charge is 0.466 e. The molecule has 8 nitrogen and oxygen atoms in total. The lowest BCUT2D eigenvalue weighted by Gasteiger charge is -2.34. The second kappa shape index (κ2) is 11.2. The van der Waals surface area contributed by atoms with Gasteiger partial charge in [-0.15, -0.1) is 0 Å². The van der Waals surface area contributed by atoms with Crippen LogP contribution in [0.5, 0.6) is 0 Å². The highest BCUT2D eigenvalue weighted by Crippen LogP contribution is 2.19. The molecule has 1 aromatic heterocycles. The Bertz CT molecular complexity index is 692. The first kappa shape index (κ1) is 22.3. The zero-order chi connectivity index (χ0) is 21.3. The lowest BCUT2D eigenvalue weighted by molar-refractivity contribution is -0.149. The molecule has 0 aliphatic carbocycles. The van der Waals surface area contributed by atoms with Crippen LogP contribution in [0.15, 0.2) is 23.3 Å². The van der Waals surface area contributed by atoms with Crippen LogP contribution < -0.4 is 10.2 Å². The summed E-state index contributed by atoms with van der Waals surface area (Å²) in [6.07, 6.45) is 3.57. The summed E-state index contributed by atoms with van der Waals surface area (Å²) in [6, 6.07) is 4.26. The van der Waals surface area contributed by atoms with Crippen molar-refractivity contribution in [2.45, 2.75) is 33.2 Å². The first-order valence-corrected chi connectivity index (χ1v) is 11.2. The van der Waals surface area contributed by atoms with Gasteiger partial charge in [0.15, 0.2) is 5.96 Å². The summed E-state index contributed by atoms with van der Waals surface area (Å²) in [7, 11) is 1.80. The topological polar surface area (TPSA) is 73.3 Å². The minimum absolute atomic E-state index is 0.00948. The number of nitrogens with one attached hydrogen (secondary N) is 1. The maximum absolute atomic E-state index is 11.9. The van der Waals surface area contributed by atoms with Gasteiger partial charge < -0.3 is 24.8 Å². The van der Waals surface area contributed by atoms with Gasteiger partial charge in [-0.1, -0.05) is 13.0 Å². The van der Waals surface area contributed by atoms with E-state index in [1.165, 1.54) is 0 Å². The summed E-state index contributed by atoms with van der Waals surface area (Å²) in [6.45, 7) is 12.2. The molecule has 1 aromatic rings. The normalized spacial score (nSPS) is 19.1. The summed E-state index contributed by atoms with van der Waals surface area (Å²) in [5.74, 6) is 1.87. The molecule has 0 saturated carbocycles. The number of likely N-dealkylation sites (tertiary alicyclic amines) is 1. The molecule has 2 aliphatic rings. The lowest BCUT2D eigenvalue weighted by atomic mass is 9.97. The van der Waals surface area contributed by atoms with Crippen molar-refractivity contribution in [3.8, 4) is 0 Å². The van der Waals surface area contributed by atoms with Gasteiger partial charge in [-0.25, -0.2) is 4.98 Å². The maximum Gasteiger partial charge on any atom is 0.309 e. The number of rotatable bonds is 6. The Morgan fingerprint density at radius 1 is 1.17 bits per heavy atom. The zero-order valence-electron chi connectivity index (χ0n) is 18.6. The summed E-state index contributed by atoms with van der Waals surface area (Å²) in [5, 5.41) is 3.44. The van der Waals surface area contributed by atoms with Gasteiger partial charge in [-0.3, -0.25) is 9.79 Å². The molecule has 0 aromatic carbocycles. The Morgan fingerprint density at radius 2 is 1.90 bits per heavy atom. The first-order valence-electron chi connectivity index (χ1n) is 11.2. The van der Waals surface area contributed by atoms with Gasteiger partial charge in [0, 0.05) is 59.1 Å². The van der Waals surface area contributed by atoms with Crippen molar-refractivity contribution < 1.29 is 9.53 Å². The van der Waals surface area contributed by atoms with Gasteiger partial charge in [0.05, 0.1) is 12.5 Å². The molecular weight excluding hydrogens is 380 g/mol. The average Bonchev–Trinajstić information content (AvgIpc) is 2.80. The van der Waals surface area contributed by atoms with E-state index in [1.54, 1.807) is 7.05 Å². The van der Waals surface area contributed by atoms with E-state index in [1.807, 2.05) is 13.1 Å². The molecule has 1 N–H and O–H groups in total. The van der Waals surface area contributed by atoms with Crippen LogP contribution in [0, 0.1) is 5.92 Å². The number of carbonyl (C=O) groups excluding carboxylic acids is 1. The van der Waals surface area contributed by atoms with Crippen molar-refractivity contribution in [3.63, 3.8) is 0 Å². The number of piperidine rings is 1. The molecular formula is C22H36N6O2. The molecule has 0 amide bonds. The Labute approximate surface area is 180 Å². The summed E-state index contributed by atoms with van der Waals surface area (Å²) in [4.78, 5) is 28.1. The van der Waals surface area contributed by atoms with Crippen LogP contribution in [0.4, 0.5) is 5.82 Å². The van der Waals surface area contributed by atoms with Crippen LogP contribution >= 0.6 is 0 Å². The number of piperazine rings is 1. The predicted octanol–water partition coefficient (Wildman–Crippen LogP) is 1.57. The predicted molar refractivity (Wildman–Crippen MR) is 120 cm³/mol. The molecule has 0 unspecified atom stereocenters. The van der Waals surface area contributed by atoms with E-state index < -0.39 is 0 Å². The Balaban J connectivity index is 1.46. The Morgan fingerprint density at radius 3 is 2.47 bits per heavy atom. The Hall–Kier alpha value is -2.35. The number of hydrogen-bond acceptors (Lipinski definition) is 6. The number of hydrogen-bond donors (Lipinski definition) is 1. The van der Waals surface area contributed by atoms with Crippen LogP contribution in [0.3, 0.4) is 0 Å². The standard InChI is InChI=1S/C22H36N6O2/c1-4-26-12-14-27(15-13-26)20-7-6-18(16-24-20)17-25-22(23-3)28-10-8-19(9-11-28)21(29)30-5-2/h6-7,16,19H,4-5,8-15,17H2,1-3H3,(H,23,25). The van der Waals surface area contributed by atoms with Crippen molar-refractivity contribution in [1.29, 1.82) is 0 Å². The van der Waals surface area contributed by atoms with E-state index in [-0.39, 0.29) is 11.9 Å². The van der Waals surface area contributed by atoms with Gasteiger partial charge in [-0.05, 0) is 37.9 Å². The number of pyridine rings is 1. The average molecular weight is 417 g/mol. The van der Waals surface area contributed by atoms with Crippen molar-refractivity contribution in [2.75, 3.05) is 64.4 Å². The highest BCUT2D eigenvalue weighted by Gasteiger charge is 2.27. The minimum atomic E-state index is -0.0673. The fourth-order valence-electron chi connectivity index (χ4n) is 4.10. The van der Waals surface area contributed by atoms with Crippen molar-refractivity contribution in [2.24, 2.45) is 10.9 Å². The number of anilines is 1. The molecule has 2 saturated heterocycles. The van der Waals surface area contributed by atoms with E-state index >= 15 is 0 Å². The summed E-state index contributed by atoms with van der Waals surface area (Å²) < 4.78 is 5.16. The number of likely N-dealkylation sites (N-methyl/N-ethyl adjacent to an activating group) is 1. The molecule has 0 spiro atoms. The Kier molecular flexibility index (Phi) is 8.30. The third kappa shape index (κ3) is 5.84. The van der Waals surface area contributed by atoms with Crippen LogP contribution in [0.1, 0.15) is 32.3 Å². The molecule has 8 heteroatoms. The van der Waals surface area contributed by atoms with Gasteiger partial charge in [0.2, 0.25) is 0 Å². The number of nitrogens with zero attached hydrogens (tertiary/aromatic N) is 5. The minimum Gasteiger partial charge on any atom is -0.466 e. The third-order valence-electron chi connectivity index (χ3n) is 6.03. The molecule has 0 atom stereocenters. The number of aliphatic imine (C=N–C) groups is 1.